The van der Waals surface area contributed by atoms with Crippen molar-refractivity contribution in [3.05, 3.63) is 64.7 Å². The Kier molecular flexibility index (Phi) is 6.04. The van der Waals surface area contributed by atoms with Gasteiger partial charge in [0.2, 0.25) is 11.8 Å². The van der Waals surface area contributed by atoms with Crippen molar-refractivity contribution < 1.29 is 32.3 Å². The normalized spacial score (nSPS) is 18.3. The summed E-state index contributed by atoms with van der Waals surface area (Å²) in [6, 6.07) is 8.02. The quantitative estimate of drug-likeness (QED) is 0.573. The molecule has 1 unspecified atom stereocenters. The molecule has 0 aromatic heterocycles. The highest BCUT2D eigenvalue weighted by Crippen LogP contribution is 2.32. The van der Waals surface area contributed by atoms with Crippen LogP contribution in [0.5, 0.6) is 0 Å². The van der Waals surface area contributed by atoms with Crippen LogP contribution in [0, 0.1) is 0 Å². The van der Waals surface area contributed by atoms with E-state index in [-0.39, 0.29) is 36.8 Å². The van der Waals surface area contributed by atoms with Crippen molar-refractivity contribution in [2.45, 2.75) is 51.0 Å². The predicted octanol–water partition coefficient (Wildman–Crippen LogP) is 3.52. The van der Waals surface area contributed by atoms with Gasteiger partial charge in [0, 0.05) is 24.2 Å². The molecule has 0 saturated carbocycles. The molecule has 0 bridgehead atoms. The van der Waals surface area contributed by atoms with Crippen molar-refractivity contribution in [2.75, 3.05) is 5.32 Å². The second-order valence-corrected chi connectivity index (χ2v) is 9.05. The molecule has 0 aliphatic carbocycles. The largest absolute Gasteiger partial charge is 0.416 e. The zero-order chi connectivity index (χ0) is 25.5. The molecule has 11 heteroatoms. The Bertz CT molecular complexity index is 1230. The third kappa shape index (κ3) is 4.98. The van der Waals surface area contributed by atoms with E-state index in [4.69, 9.17) is 0 Å². The number of imide groups is 1. The lowest BCUT2D eigenvalue weighted by molar-refractivity contribution is -0.138. The fraction of sp³-hybridized carbons (Fsp3) is 0.333. The molecule has 4 rings (SSSR count). The molecular weight excluding hydrogens is 465 g/mol. The average molecular weight is 488 g/mol. The van der Waals surface area contributed by atoms with Gasteiger partial charge in [-0.1, -0.05) is 12.1 Å². The predicted molar refractivity (Wildman–Crippen MR) is 119 cm³/mol. The summed E-state index contributed by atoms with van der Waals surface area (Å²) in [4.78, 5) is 50.4. The number of carbonyl (C=O) groups excluding carboxylic acids is 4. The zero-order valence-corrected chi connectivity index (χ0v) is 19.0. The number of urea groups is 1. The Balaban J connectivity index is 1.44. The monoisotopic (exact) mass is 488 g/mol. The van der Waals surface area contributed by atoms with Crippen LogP contribution in [0.1, 0.15) is 53.7 Å². The third-order valence-electron chi connectivity index (χ3n) is 6.12. The van der Waals surface area contributed by atoms with Crippen molar-refractivity contribution in [3.8, 4) is 0 Å². The molecule has 2 aliphatic rings. The SMILES string of the molecule is CC(C)(NC(=O)Nc1ccc2c(c1)CN(C1CCC(=O)NC1=O)C2=O)c1cccc(C(F)(F)F)c1. The van der Waals surface area contributed by atoms with Crippen LogP contribution in [-0.2, 0) is 27.8 Å². The van der Waals surface area contributed by atoms with Crippen LogP contribution < -0.4 is 16.0 Å². The van der Waals surface area contributed by atoms with E-state index in [2.05, 4.69) is 16.0 Å². The van der Waals surface area contributed by atoms with E-state index >= 15 is 0 Å². The zero-order valence-electron chi connectivity index (χ0n) is 19.0. The summed E-state index contributed by atoms with van der Waals surface area (Å²) in [5.74, 6) is -1.23. The van der Waals surface area contributed by atoms with Gasteiger partial charge in [-0.05, 0) is 61.7 Å². The fourth-order valence-corrected chi connectivity index (χ4v) is 4.25. The van der Waals surface area contributed by atoms with Crippen molar-refractivity contribution in [1.82, 2.24) is 15.5 Å². The second kappa shape index (κ2) is 8.71. The Labute approximate surface area is 198 Å². The maximum atomic E-state index is 13.1. The van der Waals surface area contributed by atoms with E-state index in [1.807, 2.05) is 0 Å². The smallest absolute Gasteiger partial charge is 0.329 e. The van der Waals surface area contributed by atoms with E-state index in [0.29, 0.717) is 16.8 Å². The fourth-order valence-electron chi connectivity index (χ4n) is 4.25. The lowest BCUT2D eigenvalue weighted by Gasteiger charge is -2.29. The van der Waals surface area contributed by atoms with Crippen LogP contribution in [0.4, 0.5) is 23.7 Å². The first-order valence-corrected chi connectivity index (χ1v) is 10.9. The third-order valence-corrected chi connectivity index (χ3v) is 6.12. The lowest BCUT2D eigenvalue weighted by Crippen LogP contribution is -2.52. The van der Waals surface area contributed by atoms with Crippen LogP contribution >= 0.6 is 0 Å². The van der Waals surface area contributed by atoms with Gasteiger partial charge in [-0.25, -0.2) is 4.79 Å². The number of nitrogens with one attached hydrogen (secondary N) is 3. The highest BCUT2D eigenvalue weighted by atomic mass is 19.4. The standard InChI is InChI=1S/C24H23F3N4O4/c1-23(2,14-4-3-5-15(11-14)24(25,26)27)30-22(35)28-16-6-7-17-13(10-16)12-31(21(17)34)18-8-9-19(32)29-20(18)33/h3-7,10-11,18H,8-9,12H2,1-2H3,(H2,28,30,35)(H,29,32,33). The molecule has 0 radical (unpaired) electrons. The topological polar surface area (TPSA) is 108 Å². The van der Waals surface area contributed by atoms with Crippen molar-refractivity contribution >= 4 is 29.4 Å². The Morgan fingerprint density at radius 3 is 2.46 bits per heavy atom. The molecular formula is C24H23F3N4O4. The van der Waals surface area contributed by atoms with Gasteiger partial charge in [-0.2, -0.15) is 13.2 Å². The molecule has 0 spiro atoms. The second-order valence-electron chi connectivity index (χ2n) is 9.05. The molecule has 1 atom stereocenters. The molecule has 2 aliphatic heterocycles. The van der Waals surface area contributed by atoms with Gasteiger partial charge in [0.25, 0.3) is 5.91 Å². The number of rotatable bonds is 4. The number of alkyl halides is 3. The highest BCUT2D eigenvalue weighted by Gasteiger charge is 2.39. The Hall–Kier alpha value is -3.89. The summed E-state index contributed by atoms with van der Waals surface area (Å²) in [6.45, 7) is 3.32. The molecule has 8 nitrogen and oxygen atoms in total. The highest BCUT2D eigenvalue weighted by molar-refractivity contribution is 6.05. The van der Waals surface area contributed by atoms with Gasteiger partial charge in [0.15, 0.2) is 0 Å². The van der Waals surface area contributed by atoms with Gasteiger partial charge < -0.3 is 15.5 Å². The summed E-state index contributed by atoms with van der Waals surface area (Å²) in [5.41, 5.74) is -0.268. The Morgan fingerprint density at radius 2 is 1.77 bits per heavy atom. The minimum absolute atomic E-state index is 0.144. The first-order valence-electron chi connectivity index (χ1n) is 10.9. The van der Waals surface area contributed by atoms with Crippen molar-refractivity contribution in [2.24, 2.45) is 0 Å². The minimum Gasteiger partial charge on any atom is -0.329 e. The average Bonchev–Trinajstić information content (AvgIpc) is 3.08. The first kappa shape index (κ1) is 24.2. The molecule has 1 fully saturated rings. The summed E-state index contributed by atoms with van der Waals surface area (Å²) in [7, 11) is 0. The van der Waals surface area contributed by atoms with E-state index < -0.39 is 35.3 Å². The van der Waals surface area contributed by atoms with Gasteiger partial charge in [-0.15, -0.1) is 0 Å². The molecule has 2 heterocycles. The number of amides is 5. The van der Waals surface area contributed by atoms with Gasteiger partial charge in [0.1, 0.15) is 6.04 Å². The van der Waals surface area contributed by atoms with E-state index in [1.54, 1.807) is 19.9 Å². The van der Waals surface area contributed by atoms with E-state index in [0.717, 1.165) is 12.1 Å². The summed E-state index contributed by atoms with van der Waals surface area (Å²) in [6.07, 6.45) is -4.12. The summed E-state index contributed by atoms with van der Waals surface area (Å²) >= 11 is 0. The van der Waals surface area contributed by atoms with Crippen LogP contribution in [0.3, 0.4) is 0 Å². The van der Waals surface area contributed by atoms with Crippen LogP contribution in [-0.4, -0.2) is 34.7 Å². The number of nitrogens with zero attached hydrogens (tertiary/aromatic N) is 1. The van der Waals surface area contributed by atoms with Crippen LogP contribution in [0.25, 0.3) is 0 Å². The van der Waals surface area contributed by atoms with Gasteiger partial charge in [-0.3, -0.25) is 19.7 Å². The molecule has 2 aromatic carbocycles. The number of hydrogen-bond acceptors (Lipinski definition) is 4. The molecule has 35 heavy (non-hydrogen) atoms. The number of halogens is 3. The molecule has 5 amide bonds. The number of anilines is 1. The molecule has 1 saturated heterocycles. The Morgan fingerprint density at radius 1 is 1.06 bits per heavy atom. The number of fused-ring (bicyclic) bond motifs is 1. The number of benzene rings is 2. The van der Waals surface area contributed by atoms with Gasteiger partial charge >= 0.3 is 12.2 Å². The molecule has 2 aromatic rings. The number of piperidine rings is 1. The van der Waals surface area contributed by atoms with E-state index in [1.165, 1.54) is 29.2 Å². The maximum Gasteiger partial charge on any atom is 0.416 e. The van der Waals surface area contributed by atoms with E-state index in [9.17, 15) is 32.3 Å². The summed E-state index contributed by atoms with van der Waals surface area (Å²) in [5, 5.41) is 7.55. The van der Waals surface area contributed by atoms with Crippen molar-refractivity contribution in [3.63, 3.8) is 0 Å². The van der Waals surface area contributed by atoms with Gasteiger partial charge in [0.05, 0.1) is 11.1 Å². The molecule has 3 N–H and O–H groups in total. The van der Waals surface area contributed by atoms with Crippen LogP contribution in [0.2, 0.25) is 0 Å². The summed E-state index contributed by atoms with van der Waals surface area (Å²) < 4.78 is 39.2. The molecule has 184 valence electrons. The minimum atomic E-state index is -4.50. The number of hydrogen-bond donors (Lipinski definition) is 3. The number of carbonyl (C=O) groups is 4. The van der Waals surface area contributed by atoms with Crippen molar-refractivity contribution in [1.29, 1.82) is 0 Å². The first-order chi connectivity index (χ1) is 16.3. The lowest BCUT2D eigenvalue weighted by atomic mass is 9.93. The maximum absolute atomic E-state index is 13.1. The van der Waals surface area contributed by atoms with Crippen LogP contribution in [0.15, 0.2) is 42.5 Å².